The van der Waals surface area contributed by atoms with Gasteiger partial charge in [-0.15, -0.1) is 0 Å². The third-order valence-electron chi connectivity index (χ3n) is 4.73. The van der Waals surface area contributed by atoms with E-state index in [4.69, 9.17) is 5.53 Å². The van der Waals surface area contributed by atoms with Crippen molar-refractivity contribution < 1.29 is 4.79 Å². The van der Waals surface area contributed by atoms with Crippen molar-refractivity contribution in [2.24, 2.45) is 11.0 Å². The number of hydrogen-bond donors (Lipinski definition) is 0. The monoisotopic (exact) mass is 320 g/mol. The molecule has 5 heteroatoms. The van der Waals surface area contributed by atoms with Gasteiger partial charge in [-0.05, 0) is 30.0 Å². The van der Waals surface area contributed by atoms with Crippen molar-refractivity contribution in [3.63, 3.8) is 0 Å². The molecule has 0 spiro atoms. The average molecular weight is 320 g/mol. The van der Waals surface area contributed by atoms with Gasteiger partial charge in [-0.2, -0.15) is 0 Å². The van der Waals surface area contributed by atoms with Gasteiger partial charge in [-0.25, -0.2) is 0 Å². The van der Waals surface area contributed by atoms with Crippen LogP contribution in [0.15, 0.2) is 65.8 Å². The Labute approximate surface area is 141 Å². The number of nitrogens with zero attached hydrogens (tertiary/aromatic N) is 4. The van der Waals surface area contributed by atoms with E-state index in [-0.39, 0.29) is 17.9 Å². The Morgan fingerprint density at radius 1 is 1.08 bits per heavy atom. The van der Waals surface area contributed by atoms with Gasteiger partial charge < -0.3 is 4.90 Å². The SMILES string of the molecule is C[C@H](c1ccccc1)N1CCC(C(N=[N+]=[N-])c2ccccc2)C1=O. The van der Waals surface area contributed by atoms with E-state index < -0.39 is 6.04 Å². The average Bonchev–Trinajstić information content (AvgIpc) is 3.02. The van der Waals surface area contributed by atoms with E-state index in [0.717, 1.165) is 11.1 Å². The zero-order valence-corrected chi connectivity index (χ0v) is 13.6. The van der Waals surface area contributed by atoms with Crippen molar-refractivity contribution in [2.45, 2.75) is 25.4 Å². The molecule has 1 aliphatic rings. The van der Waals surface area contributed by atoms with Crippen LogP contribution in [0.5, 0.6) is 0 Å². The highest BCUT2D eigenvalue weighted by atomic mass is 16.2. The van der Waals surface area contributed by atoms with Crippen LogP contribution >= 0.6 is 0 Å². The lowest BCUT2D eigenvalue weighted by molar-refractivity contribution is -0.133. The second-order valence-corrected chi connectivity index (χ2v) is 6.07. The first-order chi connectivity index (χ1) is 11.7. The van der Waals surface area contributed by atoms with Gasteiger partial charge in [0.1, 0.15) is 0 Å². The quantitative estimate of drug-likeness (QED) is 0.449. The highest BCUT2D eigenvalue weighted by Crippen LogP contribution is 2.37. The van der Waals surface area contributed by atoms with Crippen molar-refractivity contribution >= 4 is 5.91 Å². The zero-order chi connectivity index (χ0) is 16.9. The molecule has 0 saturated carbocycles. The van der Waals surface area contributed by atoms with E-state index in [9.17, 15) is 4.79 Å². The Hall–Kier alpha value is -2.78. The minimum atomic E-state index is -0.448. The van der Waals surface area contributed by atoms with Crippen LogP contribution in [0.25, 0.3) is 10.4 Å². The van der Waals surface area contributed by atoms with Crippen LogP contribution in [0, 0.1) is 5.92 Å². The molecule has 122 valence electrons. The largest absolute Gasteiger partial charge is 0.336 e. The van der Waals surface area contributed by atoms with Crippen LogP contribution in [0.2, 0.25) is 0 Å². The predicted molar refractivity (Wildman–Crippen MR) is 93.0 cm³/mol. The van der Waals surface area contributed by atoms with Gasteiger partial charge >= 0.3 is 0 Å². The number of rotatable bonds is 5. The van der Waals surface area contributed by atoms with Gasteiger partial charge in [0.15, 0.2) is 0 Å². The van der Waals surface area contributed by atoms with Crippen molar-refractivity contribution in [3.05, 3.63) is 82.2 Å². The fourth-order valence-electron chi connectivity index (χ4n) is 3.40. The van der Waals surface area contributed by atoms with Gasteiger partial charge in [0.2, 0.25) is 5.91 Å². The first-order valence-electron chi connectivity index (χ1n) is 8.17. The molecule has 1 amide bonds. The van der Waals surface area contributed by atoms with Crippen LogP contribution in [0.4, 0.5) is 0 Å². The normalized spacial score (nSPS) is 19.6. The smallest absolute Gasteiger partial charge is 0.227 e. The molecule has 1 heterocycles. The molecule has 0 N–H and O–H groups in total. The topological polar surface area (TPSA) is 69.1 Å². The lowest BCUT2D eigenvalue weighted by atomic mass is 9.92. The van der Waals surface area contributed by atoms with E-state index in [1.54, 1.807) is 0 Å². The van der Waals surface area contributed by atoms with E-state index >= 15 is 0 Å². The molecular formula is C19H20N4O. The molecular weight excluding hydrogens is 300 g/mol. The fourth-order valence-corrected chi connectivity index (χ4v) is 3.40. The second-order valence-electron chi connectivity index (χ2n) is 6.07. The summed E-state index contributed by atoms with van der Waals surface area (Å²) in [6.45, 7) is 2.73. The summed E-state index contributed by atoms with van der Waals surface area (Å²) < 4.78 is 0. The first kappa shape index (κ1) is 16.1. The Balaban J connectivity index is 1.83. The molecule has 1 aliphatic heterocycles. The molecule has 0 aliphatic carbocycles. The third-order valence-corrected chi connectivity index (χ3v) is 4.73. The van der Waals surface area contributed by atoms with Gasteiger partial charge in [0, 0.05) is 11.5 Å². The van der Waals surface area contributed by atoms with E-state index in [0.29, 0.717) is 13.0 Å². The Morgan fingerprint density at radius 3 is 2.25 bits per heavy atom. The van der Waals surface area contributed by atoms with Crippen LogP contribution in [0.3, 0.4) is 0 Å². The molecule has 1 fully saturated rings. The zero-order valence-electron chi connectivity index (χ0n) is 13.6. The second kappa shape index (κ2) is 7.20. The van der Waals surface area contributed by atoms with Crippen molar-refractivity contribution in [2.75, 3.05) is 6.54 Å². The minimum Gasteiger partial charge on any atom is -0.336 e. The van der Waals surface area contributed by atoms with Gasteiger partial charge in [-0.1, -0.05) is 65.8 Å². The molecule has 5 nitrogen and oxygen atoms in total. The molecule has 0 radical (unpaired) electrons. The summed E-state index contributed by atoms with van der Waals surface area (Å²) in [6, 6.07) is 19.1. The Bertz CT molecular complexity index is 740. The molecule has 3 atom stereocenters. The molecule has 0 aromatic heterocycles. The van der Waals surface area contributed by atoms with Gasteiger partial charge in [0.05, 0.1) is 18.0 Å². The number of carbonyl (C=O) groups is 1. The van der Waals surface area contributed by atoms with E-state index in [1.165, 1.54) is 0 Å². The van der Waals surface area contributed by atoms with Crippen molar-refractivity contribution in [3.8, 4) is 0 Å². The standard InChI is InChI=1S/C19H20N4O/c1-14(15-8-4-2-5-9-15)23-13-12-17(19(23)24)18(21-22-20)16-10-6-3-7-11-16/h2-11,14,17-18H,12-13H2,1H3/t14-,17?,18?/m1/s1. The third kappa shape index (κ3) is 3.12. The minimum absolute atomic E-state index is 0.0196. The Morgan fingerprint density at radius 2 is 1.67 bits per heavy atom. The lowest BCUT2D eigenvalue weighted by Crippen LogP contribution is -2.31. The summed E-state index contributed by atoms with van der Waals surface area (Å²) in [7, 11) is 0. The number of amides is 1. The Kier molecular flexibility index (Phi) is 4.82. The lowest BCUT2D eigenvalue weighted by Gasteiger charge is -2.26. The highest BCUT2D eigenvalue weighted by Gasteiger charge is 2.39. The number of carbonyl (C=O) groups excluding carboxylic acids is 1. The summed E-state index contributed by atoms with van der Waals surface area (Å²) in [4.78, 5) is 17.8. The molecule has 2 unspecified atom stereocenters. The first-order valence-corrected chi connectivity index (χ1v) is 8.17. The maximum Gasteiger partial charge on any atom is 0.227 e. The molecule has 0 bridgehead atoms. The predicted octanol–water partition coefficient (Wildman–Crippen LogP) is 4.65. The fraction of sp³-hybridized carbons (Fsp3) is 0.316. The van der Waals surface area contributed by atoms with Crippen LogP contribution < -0.4 is 0 Å². The number of azide groups is 1. The molecule has 1 saturated heterocycles. The summed E-state index contributed by atoms with van der Waals surface area (Å²) >= 11 is 0. The van der Waals surface area contributed by atoms with Crippen LogP contribution in [-0.4, -0.2) is 17.4 Å². The summed E-state index contributed by atoms with van der Waals surface area (Å²) in [6.07, 6.45) is 0.703. The summed E-state index contributed by atoms with van der Waals surface area (Å²) in [5.74, 6) is -0.234. The molecule has 2 aromatic rings. The number of hydrogen-bond acceptors (Lipinski definition) is 2. The summed E-state index contributed by atoms with van der Waals surface area (Å²) in [5, 5.41) is 3.93. The van der Waals surface area contributed by atoms with E-state index in [1.807, 2.05) is 72.5 Å². The van der Waals surface area contributed by atoms with Crippen molar-refractivity contribution in [1.82, 2.24) is 4.90 Å². The van der Waals surface area contributed by atoms with Crippen LogP contribution in [-0.2, 0) is 4.79 Å². The molecule has 3 rings (SSSR count). The highest BCUT2D eigenvalue weighted by molar-refractivity contribution is 5.82. The number of benzene rings is 2. The summed E-state index contributed by atoms with van der Waals surface area (Å²) in [5.41, 5.74) is 10.9. The maximum absolute atomic E-state index is 13.0. The van der Waals surface area contributed by atoms with Gasteiger partial charge in [-0.3, -0.25) is 4.79 Å². The molecule has 2 aromatic carbocycles. The molecule has 24 heavy (non-hydrogen) atoms. The van der Waals surface area contributed by atoms with Crippen LogP contribution in [0.1, 0.15) is 36.6 Å². The maximum atomic E-state index is 13.0. The van der Waals surface area contributed by atoms with Gasteiger partial charge in [0.25, 0.3) is 0 Å². The number of likely N-dealkylation sites (tertiary alicyclic amines) is 1. The van der Waals surface area contributed by atoms with Crippen molar-refractivity contribution in [1.29, 1.82) is 0 Å². The van der Waals surface area contributed by atoms with E-state index in [2.05, 4.69) is 10.0 Å².